The molecule has 0 spiro atoms. The molecule has 0 bridgehead atoms. The summed E-state index contributed by atoms with van der Waals surface area (Å²) in [5, 5.41) is 3.49. The van der Waals surface area contributed by atoms with Crippen LogP contribution in [-0.4, -0.2) is 7.11 Å². The molecule has 5 nitrogen and oxygen atoms in total. The predicted octanol–water partition coefficient (Wildman–Crippen LogP) is 3.20. The zero-order valence-electron chi connectivity index (χ0n) is 8.17. The first kappa shape index (κ1) is 9.43. The van der Waals surface area contributed by atoms with Crippen molar-refractivity contribution in [1.29, 1.82) is 0 Å². The highest BCUT2D eigenvalue weighted by Gasteiger charge is 2.13. The van der Waals surface area contributed by atoms with Crippen molar-refractivity contribution in [2.75, 3.05) is 7.11 Å². The average Bonchev–Trinajstić information content (AvgIpc) is 2.68. The third-order valence-corrected chi connectivity index (χ3v) is 2.13. The molecule has 15 heavy (non-hydrogen) atoms. The van der Waals surface area contributed by atoms with Crippen LogP contribution in [0.2, 0.25) is 0 Å². The first-order chi connectivity index (χ1) is 7.35. The van der Waals surface area contributed by atoms with E-state index in [9.17, 15) is 0 Å². The van der Waals surface area contributed by atoms with E-state index in [1.165, 1.54) is 0 Å². The molecular formula is C10H9N3O2. The normalized spacial score (nSPS) is 9.93. The van der Waals surface area contributed by atoms with Crippen LogP contribution in [0.1, 0.15) is 5.56 Å². The fraction of sp³-hybridized carbons (Fsp3) is 0.200. The first-order valence-corrected chi connectivity index (χ1v) is 4.40. The minimum Gasteiger partial charge on any atom is -0.496 e. The van der Waals surface area contributed by atoms with Gasteiger partial charge in [-0.2, -0.15) is 0 Å². The molecule has 0 atom stereocenters. The second-order valence-corrected chi connectivity index (χ2v) is 3.02. The van der Waals surface area contributed by atoms with Crippen LogP contribution in [0.5, 0.6) is 5.75 Å². The lowest BCUT2D eigenvalue weighted by Gasteiger charge is -2.03. The summed E-state index contributed by atoms with van der Waals surface area (Å²) in [5.41, 5.74) is 10.0. The summed E-state index contributed by atoms with van der Waals surface area (Å²) in [6.07, 6.45) is 1.57. The topological polar surface area (TPSA) is 71.1 Å². The number of hydrogen-bond donors (Lipinski definition) is 0. The van der Waals surface area contributed by atoms with Crippen molar-refractivity contribution < 1.29 is 9.15 Å². The van der Waals surface area contributed by atoms with Crippen LogP contribution in [-0.2, 0) is 6.54 Å². The molecule has 0 aromatic heterocycles. The predicted molar refractivity (Wildman–Crippen MR) is 54.7 cm³/mol. The van der Waals surface area contributed by atoms with Gasteiger partial charge in [0.2, 0.25) is 0 Å². The molecule has 5 heteroatoms. The minimum absolute atomic E-state index is 0.323. The van der Waals surface area contributed by atoms with E-state index in [0.29, 0.717) is 6.54 Å². The van der Waals surface area contributed by atoms with Crippen LogP contribution in [0.3, 0.4) is 0 Å². The molecule has 76 valence electrons. The Kier molecular flexibility index (Phi) is 2.48. The van der Waals surface area contributed by atoms with Gasteiger partial charge in [0, 0.05) is 11.0 Å². The van der Waals surface area contributed by atoms with Gasteiger partial charge in [0.15, 0.2) is 0 Å². The maximum absolute atomic E-state index is 8.21. The van der Waals surface area contributed by atoms with Crippen molar-refractivity contribution >= 4 is 0 Å². The van der Waals surface area contributed by atoms with Gasteiger partial charge in [0.05, 0.1) is 25.5 Å². The highest BCUT2D eigenvalue weighted by Crippen LogP contribution is 2.34. The van der Waals surface area contributed by atoms with Crippen LogP contribution < -0.4 is 4.74 Å². The number of nitrogens with zero attached hydrogens (tertiary/aromatic N) is 3. The van der Waals surface area contributed by atoms with Crippen LogP contribution >= 0.6 is 0 Å². The Hall–Kier alpha value is -2.13. The molecule has 1 heterocycles. The fourth-order valence-electron chi connectivity index (χ4n) is 1.48. The molecule has 0 aromatic rings. The highest BCUT2D eigenvalue weighted by atomic mass is 16.5. The molecule has 0 amide bonds. The van der Waals surface area contributed by atoms with Crippen LogP contribution in [0.15, 0.2) is 34.0 Å². The van der Waals surface area contributed by atoms with Crippen LogP contribution in [0, 0.1) is 0 Å². The average molecular weight is 203 g/mol. The van der Waals surface area contributed by atoms with Gasteiger partial charge < -0.3 is 9.15 Å². The zero-order chi connectivity index (χ0) is 10.7. The molecular weight excluding hydrogens is 194 g/mol. The quantitative estimate of drug-likeness (QED) is 0.436. The zero-order valence-corrected chi connectivity index (χ0v) is 8.17. The number of methoxy groups -OCH3 is 1. The van der Waals surface area contributed by atoms with E-state index in [-0.39, 0.29) is 0 Å². The summed E-state index contributed by atoms with van der Waals surface area (Å²) in [4.78, 5) is 2.71. The van der Waals surface area contributed by atoms with Crippen molar-refractivity contribution in [3.8, 4) is 17.1 Å². The van der Waals surface area contributed by atoms with Gasteiger partial charge in [-0.05, 0) is 23.2 Å². The summed E-state index contributed by atoms with van der Waals surface area (Å²) in [5.74, 6) is 1.49. The molecule has 0 radical (unpaired) electrons. The van der Waals surface area contributed by atoms with E-state index in [4.69, 9.17) is 14.7 Å². The molecule has 0 saturated heterocycles. The van der Waals surface area contributed by atoms with Gasteiger partial charge in [-0.25, -0.2) is 0 Å². The van der Waals surface area contributed by atoms with Gasteiger partial charge in [0.25, 0.3) is 0 Å². The van der Waals surface area contributed by atoms with Crippen LogP contribution in [0.25, 0.3) is 21.8 Å². The van der Waals surface area contributed by atoms with E-state index in [1.807, 2.05) is 12.1 Å². The summed E-state index contributed by atoms with van der Waals surface area (Å²) in [6.45, 7) is 0.323. The van der Waals surface area contributed by atoms with E-state index < -0.39 is 0 Å². The molecule has 2 aliphatic rings. The number of rotatable bonds is 3. The van der Waals surface area contributed by atoms with E-state index in [1.54, 1.807) is 19.4 Å². The van der Waals surface area contributed by atoms with E-state index in [0.717, 1.165) is 22.6 Å². The lowest BCUT2D eigenvalue weighted by Crippen LogP contribution is -1.84. The monoisotopic (exact) mass is 203 g/mol. The standard InChI is InChI=1S/C10H9N3O2/c1-14-9-2-3-15-10-5-7(4-8(9)10)6-12-13-11/h2-5H,6H2,1H3. The lowest BCUT2D eigenvalue weighted by atomic mass is 10.2. The maximum Gasteiger partial charge on any atom is 0.137 e. The molecule has 0 N–H and O–H groups in total. The van der Waals surface area contributed by atoms with Gasteiger partial charge in [-0.15, -0.1) is 0 Å². The third kappa shape index (κ3) is 1.73. The Morgan fingerprint density at radius 1 is 1.53 bits per heavy atom. The molecule has 0 unspecified atom stereocenters. The first-order valence-electron chi connectivity index (χ1n) is 4.40. The highest BCUT2D eigenvalue weighted by molar-refractivity contribution is 5.69. The van der Waals surface area contributed by atoms with Crippen LogP contribution in [0.4, 0.5) is 0 Å². The molecule has 1 aliphatic heterocycles. The van der Waals surface area contributed by atoms with E-state index in [2.05, 4.69) is 10.0 Å². The summed E-state index contributed by atoms with van der Waals surface area (Å²) in [6, 6.07) is 5.48. The Morgan fingerprint density at radius 2 is 2.40 bits per heavy atom. The molecule has 0 fully saturated rings. The second kappa shape index (κ2) is 3.94. The largest absolute Gasteiger partial charge is 0.496 e. The van der Waals surface area contributed by atoms with Gasteiger partial charge in [-0.1, -0.05) is 5.11 Å². The maximum atomic E-state index is 8.21. The Balaban J connectivity index is 2.45. The fourth-order valence-corrected chi connectivity index (χ4v) is 1.48. The Bertz CT molecular complexity index is 486. The minimum atomic E-state index is 0.323. The van der Waals surface area contributed by atoms with Gasteiger partial charge in [-0.3, -0.25) is 0 Å². The van der Waals surface area contributed by atoms with Crippen molar-refractivity contribution in [3.05, 3.63) is 40.5 Å². The van der Waals surface area contributed by atoms with Gasteiger partial charge >= 0.3 is 0 Å². The second-order valence-electron chi connectivity index (χ2n) is 3.02. The SMILES string of the molecule is COc1ccoc2cc(CN=[N+]=[N-])cc1-2. The van der Waals surface area contributed by atoms with E-state index >= 15 is 0 Å². The molecule has 2 rings (SSSR count). The lowest BCUT2D eigenvalue weighted by molar-refractivity contribution is 0.409. The van der Waals surface area contributed by atoms with Crippen molar-refractivity contribution in [3.63, 3.8) is 0 Å². The van der Waals surface area contributed by atoms with Crippen molar-refractivity contribution in [2.24, 2.45) is 5.11 Å². The smallest absolute Gasteiger partial charge is 0.137 e. The summed E-state index contributed by atoms with van der Waals surface area (Å²) >= 11 is 0. The molecule has 0 saturated carbocycles. The third-order valence-electron chi connectivity index (χ3n) is 2.13. The number of hydrogen-bond acceptors (Lipinski definition) is 3. The Labute approximate surface area is 86.2 Å². The number of fused-ring (bicyclic) bond motifs is 1. The van der Waals surface area contributed by atoms with Crippen molar-refractivity contribution in [2.45, 2.75) is 6.54 Å². The molecule has 0 aromatic carbocycles. The number of azide groups is 1. The molecule has 1 aliphatic carbocycles. The van der Waals surface area contributed by atoms with Gasteiger partial charge in [0.1, 0.15) is 11.5 Å². The van der Waals surface area contributed by atoms with Crippen molar-refractivity contribution in [1.82, 2.24) is 0 Å². The Morgan fingerprint density at radius 3 is 3.13 bits per heavy atom. The number of ether oxygens (including phenoxy) is 1. The summed E-state index contributed by atoms with van der Waals surface area (Å²) in [7, 11) is 1.61. The summed E-state index contributed by atoms with van der Waals surface area (Å²) < 4.78 is 10.5.